The molecule has 0 heterocycles. The van der Waals surface area contributed by atoms with E-state index in [1.807, 2.05) is 0 Å². The zero-order valence-corrected chi connectivity index (χ0v) is 10.5. The second kappa shape index (κ2) is 5.72. The fourth-order valence-corrected chi connectivity index (χ4v) is 0.873. The quantitative estimate of drug-likeness (QED) is 0.493. The number of carboxylic acids is 1. The predicted octanol–water partition coefficient (Wildman–Crippen LogP) is -2.80. The van der Waals surface area contributed by atoms with Gasteiger partial charge in [-0.1, -0.05) is 6.07 Å². The summed E-state index contributed by atoms with van der Waals surface area (Å²) in [4.78, 5) is 10.4. The minimum Gasteiger partial charge on any atom is -0.545 e. The molecule has 1 rings (SSSR count). The van der Waals surface area contributed by atoms with Crippen molar-refractivity contribution in [1.82, 2.24) is 0 Å². The van der Waals surface area contributed by atoms with E-state index in [1.54, 1.807) is 0 Å². The van der Waals surface area contributed by atoms with Gasteiger partial charge in [-0.2, -0.15) is 0 Å². The first kappa shape index (κ1) is 13.1. The minimum atomic E-state index is -1.58. The van der Waals surface area contributed by atoms with Gasteiger partial charge in [0.1, 0.15) is 11.6 Å². The molecule has 0 saturated carbocycles. The molecule has 0 saturated heterocycles. The monoisotopic (exact) mass is 208 g/mol. The minimum absolute atomic E-state index is 0. The van der Waals surface area contributed by atoms with Crippen LogP contribution >= 0.6 is 0 Å². The summed E-state index contributed by atoms with van der Waals surface area (Å²) in [5.41, 5.74) is -0.542. The van der Waals surface area contributed by atoms with Crippen LogP contribution in [-0.2, 0) is 0 Å². The molecule has 64 valence electrons. The molecule has 0 aromatic heterocycles. The van der Waals surface area contributed by atoms with Crippen LogP contribution in [0.1, 0.15) is 10.4 Å². The second-order valence-electron chi connectivity index (χ2n) is 2.10. The zero-order valence-electron chi connectivity index (χ0n) is 7.33. The largest absolute Gasteiger partial charge is 1.00 e. The summed E-state index contributed by atoms with van der Waals surface area (Å²) in [5, 5.41) is 10.4. The number of hydrogen-bond acceptors (Lipinski definition) is 3. The summed E-state index contributed by atoms with van der Waals surface area (Å²) < 4.78 is 17.4. The summed E-state index contributed by atoms with van der Waals surface area (Å²) >= 11 is 0. The number of carbonyl (C=O) groups excluding carboxylic acids is 1. The van der Waals surface area contributed by atoms with Crippen molar-refractivity contribution in [3.8, 4) is 5.75 Å². The van der Waals surface area contributed by atoms with Crippen LogP contribution in [0.15, 0.2) is 18.2 Å². The summed E-state index contributed by atoms with van der Waals surface area (Å²) in [6.07, 6.45) is 0. The number of halogens is 1. The Labute approximate surface area is 117 Å². The van der Waals surface area contributed by atoms with Crippen LogP contribution in [0.2, 0.25) is 0 Å². The van der Waals surface area contributed by atoms with Gasteiger partial charge in [-0.05, 0) is 12.1 Å². The molecule has 0 N–H and O–H groups in total. The Morgan fingerprint density at radius 2 is 2.15 bits per heavy atom. The summed E-state index contributed by atoms with van der Waals surface area (Å²) in [7, 11) is 1.27. The predicted molar refractivity (Wildman–Crippen MR) is 37.3 cm³/mol. The van der Waals surface area contributed by atoms with E-state index in [2.05, 4.69) is 4.74 Å². The molecule has 0 spiro atoms. The average molecular weight is 208 g/mol. The first-order valence-electron chi connectivity index (χ1n) is 3.20. The fraction of sp³-hybridized carbons (Fsp3) is 0.125. The molecule has 0 atom stereocenters. The number of carbonyl (C=O) groups is 1. The van der Waals surface area contributed by atoms with E-state index in [0.29, 0.717) is 0 Å². The third-order valence-electron chi connectivity index (χ3n) is 1.40. The number of hydrogen-bond donors (Lipinski definition) is 0. The molecule has 0 radical (unpaired) electrons. The Bertz CT molecular complexity index is 314. The van der Waals surface area contributed by atoms with Crippen molar-refractivity contribution in [2.75, 3.05) is 7.11 Å². The van der Waals surface area contributed by atoms with E-state index in [1.165, 1.54) is 19.2 Å². The van der Waals surface area contributed by atoms with E-state index in [4.69, 9.17) is 0 Å². The molecule has 0 unspecified atom stereocenters. The second-order valence-corrected chi connectivity index (χ2v) is 2.10. The molecule has 1 aromatic carbocycles. The van der Waals surface area contributed by atoms with Crippen molar-refractivity contribution in [2.24, 2.45) is 0 Å². The standard InChI is InChI=1S/C8H7FO3.K/c1-12-6-4-2-3-5(9)7(6)8(10)11;/h2-4H,1H3,(H,10,11);/q;+1/p-1. The number of rotatable bonds is 2. The van der Waals surface area contributed by atoms with Crippen molar-refractivity contribution in [3.05, 3.63) is 29.6 Å². The van der Waals surface area contributed by atoms with Crippen molar-refractivity contribution < 1.29 is 70.4 Å². The van der Waals surface area contributed by atoms with Gasteiger partial charge in [-0.25, -0.2) is 4.39 Å². The molecule has 13 heavy (non-hydrogen) atoms. The van der Waals surface area contributed by atoms with Gasteiger partial charge < -0.3 is 14.6 Å². The normalized spacial score (nSPS) is 8.77. The maximum atomic E-state index is 12.8. The van der Waals surface area contributed by atoms with Gasteiger partial charge in [0.2, 0.25) is 0 Å². The molecule has 0 aliphatic heterocycles. The van der Waals surface area contributed by atoms with Gasteiger partial charge in [0.25, 0.3) is 0 Å². The molecule has 5 heteroatoms. The van der Waals surface area contributed by atoms with Gasteiger partial charge in [0, 0.05) is 0 Å². The first-order chi connectivity index (χ1) is 5.66. The molecule has 0 aliphatic carbocycles. The van der Waals surface area contributed by atoms with Crippen LogP contribution in [0.5, 0.6) is 5.75 Å². The molecule has 3 nitrogen and oxygen atoms in total. The molecule has 0 bridgehead atoms. The van der Waals surface area contributed by atoms with Crippen molar-refractivity contribution in [2.45, 2.75) is 0 Å². The Kier molecular flexibility index (Phi) is 5.74. The number of aromatic carboxylic acids is 1. The van der Waals surface area contributed by atoms with E-state index >= 15 is 0 Å². The molecule has 0 amide bonds. The molecule has 1 aromatic rings. The first-order valence-corrected chi connectivity index (χ1v) is 3.20. The van der Waals surface area contributed by atoms with Crippen LogP contribution in [0, 0.1) is 5.82 Å². The third-order valence-corrected chi connectivity index (χ3v) is 1.40. The summed E-state index contributed by atoms with van der Waals surface area (Å²) in [6.45, 7) is 0. The smallest absolute Gasteiger partial charge is 0.545 e. The zero-order chi connectivity index (χ0) is 9.14. The maximum absolute atomic E-state index is 12.8. The van der Waals surface area contributed by atoms with Crippen molar-refractivity contribution in [1.29, 1.82) is 0 Å². The van der Waals surface area contributed by atoms with Gasteiger partial charge >= 0.3 is 51.4 Å². The number of ether oxygens (including phenoxy) is 1. The van der Waals surface area contributed by atoms with Crippen LogP contribution in [0.25, 0.3) is 0 Å². The SMILES string of the molecule is COc1cccc(F)c1C(=O)[O-].[K+]. The van der Waals surface area contributed by atoms with Crippen LogP contribution in [0.4, 0.5) is 4.39 Å². The van der Waals surface area contributed by atoms with Crippen LogP contribution in [0.3, 0.4) is 0 Å². The molecular formula is C8H6FKO3. The number of methoxy groups -OCH3 is 1. The fourth-order valence-electron chi connectivity index (χ4n) is 0.873. The van der Waals surface area contributed by atoms with Crippen LogP contribution in [-0.4, -0.2) is 13.1 Å². The summed E-state index contributed by atoms with van der Waals surface area (Å²) in [6, 6.07) is 3.75. The molecule has 0 aliphatic rings. The topological polar surface area (TPSA) is 49.4 Å². The van der Waals surface area contributed by atoms with E-state index < -0.39 is 17.3 Å². The number of benzene rings is 1. The van der Waals surface area contributed by atoms with E-state index in [0.717, 1.165) is 6.07 Å². The Balaban J connectivity index is 0.00000144. The molecular weight excluding hydrogens is 202 g/mol. The van der Waals surface area contributed by atoms with Crippen LogP contribution < -0.4 is 61.2 Å². The third kappa shape index (κ3) is 3.03. The van der Waals surface area contributed by atoms with Gasteiger partial charge in [-0.15, -0.1) is 0 Å². The van der Waals surface area contributed by atoms with Crippen molar-refractivity contribution in [3.63, 3.8) is 0 Å². The maximum Gasteiger partial charge on any atom is 1.00 e. The average Bonchev–Trinajstić information content (AvgIpc) is 2.03. The number of carboxylic acid groups (broad SMARTS) is 1. The van der Waals surface area contributed by atoms with Crippen molar-refractivity contribution >= 4 is 5.97 Å². The van der Waals surface area contributed by atoms with Gasteiger partial charge in [0.15, 0.2) is 0 Å². The van der Waals surface area contributed by atoms with E-state index in [9.17, 15) is 14.3 Å². The molecule has 0 fully saturated rings. The Morgan fingerprint density at radius 3 is 2.54 bits per heavy atom. The Hall–Kier alpha value is 0.0564. The summed E-state index contributed by atoms with van der Waals surface area (Å²) in [5.74, 6) is -2.46. The Morgan fingerprint density at radius 1 is 1.54 bits per heavy atom. The van der Waals surface area contributed by atoms with E-state index in [-0.39, 0.29) is 57.1 Å². The van der Waals surface area contributed by atoms with Gasteiger partial charge in [-0.3, -0.25) is 0 Å². The van der Waals surface area contributed by atoms with Gasteiger partial charge in [0.05, 0.1) is 18.6 Å².